The average Bonchev–Trinajstić information content (AvgIpc) is 2.20. The summed E-state index contributed by atoms with van der Waals surface area (Å²) in [4.78, 5) is 4.06. The van der Waals surface area contributed by atoms with Gasteiger partial charge in [-0.3, -0.25) is 4.98 Å². The van der Waals surface area contributed by atoms with Crippen LogP contribution in [-0.2, 0) is 9.47 Å². The minimum atomic E-state index is -0.496. The van der Waals surface area contributed by atoms with E-state index in [2.05, 4.69) is 11.1 Å². The summed E-state index contributed by atoms with van der Waals surface area (Å²) in [6, 6.07) is 4.50. The molecule has 71 valence electrons. The minimum absolute atomic E-state index is 0.496. The predicted octanol–water partition coefficient (Wildman–Crippen LogP) is 1.18. The first-order valence-electron chi connectivity index (χ1n) is 3.79. The lowest BCUT2D eigenvalue weighted by atomic mass is 10.3. The van der Waals surface area contributed by atoms with Gasteiger partial charge in [-0.05, 0) is 6.07 Å². The zero-order valence-electron chi connectivity index (χ0n) is 7.90. The van der Waals surface area contributed by atoms with Gasteiger partial charge in [-0.1, -0.05) is 0 Å². The quantitative estimate of drug-likeness (QED) is 0.655. The molecule has 0 aliphatic carbocycles. The first-order valence-corrected chi connectivity index (χ1v) is 3.79. The van der Waals surface area contributed by atoms with E-state index in [1.165, 1.54) is 0 Å². The highest BCUT2D eigenvalue weighted by Crippen LogP contribution is 2.24. The SMILES string of the molecule is COc1c[c]cnc1C(OC)OC. The molecular weight excluding hydrogens is 170 g/mol. The van der Waals surface area contributed by atoms with Gasteiger partial charge in [-0.25, -0.2) is 0 Å². The highest BCUT2D eigenvalue weighted by molar-refractivity contribution is 5.27. The van der Waals surface area contributed by atoms with Gasteiger partial charge < -0.3 is 14.2 Å². The molecule has 0 amide bonds. The zero-order valence-corrected chi connectivity index (χ0v) is 7.90. The Hall–Kier alpha value is -1.13. The van der Waals surface area contributed by atoms with Crippen LogP contribution in [0.1, 0.15) is 12.0 Å². The van der Waals surface area contributed by atoms with Crippen molar-refractivity contribution in [3.05, 3.63) is 24.0 Å². The fraction of sp³-hybridized carbons (Fsp3) is 0.444. The van der Waals surface area contributed by atoms with E-state index in [9.17, 15) is 0 Å². The van der Waals surface area contributed by atoms with Gasteiger partial charge in [-0.15, -0.1) is 0 Å². The largest absolute Gasteiger partial charge is 0.495 e. The van der Waals surface area contributed by atoms with Crippen LogP contribution in [0.25, 0.3) is 0 Å². The van der Waals surface area contributed by atoms with Crippen molar-refractivity contribution in [1.82, 2.24) is 4.98 Å². The fourth-order valence-electron chi connectivity index (χ4n) is 1.02. The molecule has 13 heavy (non-hydrogen) atoms. The summed E-state index contributed by atoms with van der Waals surface area (Å²) >= 11 is 0. The molecule has 0 atom stereocenters. The van der Waals surface area contributed by atoms with Crippen molar-refractivity contribution in [1.29, 1.82) is 0 Å². The molecule has 1 aromatic rings. The fourth-order valence-corrected chi connectivity index (χ4v) is 1.02. The average molecular weight is 182 g/mol. The number of methoxy groups -OCH3 is 3. The maximum absolute atomic E-state index is 5.08. The van der Waals surface area contributed by atoms with Crippen LogP contribution in [-0.4, -0.2) is 26.3 Å². The maximum atomic E-state index is 5.08. The van der Waals surface area contributed by atoms with Crippen molar-refractivity contribution in [2.24, 2.45) is 0 Å². The summed E-state index contributed by atoms with van der Waals surface area (Å²) in [5.41, 5.74) is 0.617. The van der Waals surface area contributed by atoms with E-state index in [1.54, 1.807) is 33.6 Å². The summed E-state index contributed by atoms with van der Waals surface area (Å²) in [7, 11) is 4.66. The molecule has 0 aliphatic heterocycles. The molecule has 4 nitrogen and oxygen atoms in total. The van der Waals surface area contributed by atoms with Crippen molar-refractivity contribution >= 4 is 0 Å². The lowest BCUT2D eigenvalue weighted by Crippen LogP contribution is -2.07. The molecular formula is C9H12NO3. The van der Waals surface area contributed by atoms with Gasteiger partial charge in [0.25, 0.3) is 0 Å². The number of aromatic nitrogens is 1. The topological polar surface area (TPSA) is 40.6 Å². The summed E-state index contributed by atoms with van der Waals surface area (Å²) in [6.45, 7) is 0. The second-order valence-corrected chi connectivity index (χ2v) is 2.33. The second kappa shape index (κ2) is 4.79. The number of hydrogen-bond donors (Lipinski definition) is 0. The molecule has 1 aromatic heterocycles. The van der Waals surface area contributed by atoms with Crippen LogP contribution in [0.15, 0.2) is 12.3 Å². The number of hydrogen-bond acceptors (Lipinski definition) is 4. The van der Waals surface area contributed by atoms with Crippen molar-refractivity contribution < 1.29 is 14.2 Å². The van der Waals surface area contributed by atoms with Crippen LogP contribution in [0.3, 0.4) is 0 Å². The van der Waals surface area contributed by atoms with Crippen LogP contribution in [0, 0.1) is 6.07 Å². The Labute approximate surface area is 77.5 Å². The van der Waals surface area contributed by atoms with Crippen molar-refractivity contribution in [2.75, 3.05) is 21.3 Å². The lowest BCUT2D eigenvalue weighted by molar-refractivity contribution is -0.109. The summed E-state index contributed by atoms with van der Waals surface area (Å²) < 4.78 is 15.2. The first-order chi connectivity index (χ1) is 6.33. The summed E-state index contributed by atoms with van der Waals surface area (Å²) in [5, 5.41) is 0. The van der Waals surface area contributed by atoms with Gasteiger partial charge in [0, 0.05) is 26.5 Å². The first kappa shape index (κ1) is 9.95. The van der Waals surface area contributed by atoms with E-state index in [0.29, 0.717) is 11.4 Å². The van der Waals surface area contributed by atoms with Gasteiger partial charge in [0.1, 0.15) is 11.4 Å². The smallest absolute Gasteiger partial charge is 0.204 e. The summed E-state index contributed by atoms with van der Waals surface area (Å²) in [5.74, 6) is 0.608. The van der Waals surface area contributed by atoms with Crippen LogP contribution >= 0.6 is 0 Å². The molecule has 0 N–H and O–H groups in total. The monoisotopic (exact) mass is 182 g/mol. The van der Waals surface area contributed by atoms with Gasteiger partial charge >= 0.3 is 0 Å². The standard InChI is InChI=1S/C9H12NO3/c1-11-7-5-4-6-10-8(7)9(12-2)13-3/h5-6,9H,1-3H3. The van der Waals surface area contributed by atoms with Gasteiger partial charge in [0.2, 0.25) is 6.29 Å². The Morgan fingerprint density at radius 2 is 2.00 bits per heavy atom. The molecule has 4 heteroatoms. The van der Waals surface area contributed by atoms with Crippen LogP contribution in [0.4, 0.5) is 0 Å². The molecule has 0 fully saturated rings. The van der Waals surface area contributed by atoms with Crippen LogP contribution < -0.4 is 4.74 Å². The van der Waals surface area contributed by atoms with Gasteiger partial charge in [0.15, 0.2) is 0 Å². The Morgan fingerprint density at radius 3 is 2.54 bits per heavy atom. The molecule has 1 radical (unpaired) electrons. The van der Waals surface area contributed by atoms with Crippen molar-refractivity contribution in [2.45, 2.75) is 6.29 Å². The number of rotatable bonds is 4. The number of pyridine rings is 1. The molecule has 1 rings (SSSR count). The number of ether oxygens (including phenoxy) is 3. The Balaban J connectivity index is 2.96. The second-order valence-electron chi connectivity index (χ2n) is 2.33. The van der Waals surface area contributed by atoms with E-state index in [4.69, 9.17) is 14.2 Å². The third-order valence-electron chi connectivity index (χ3n) is 1.62. The van der Waals surface area contributed by atoms with E-state index in [1.807, 2.05) is 0 Å². The molecule has 1 heterocycles. The third kappa shape index (κ3) is 2.17. The zero-order chi connectivity index (χ0) is 9.68. The normalized spacial score (nSPS) is 10.5. The van der Waals surface area contributed by atoms with Crippen molar-refractivity contribution in [3.63, 3.8) is 0 Å². The molecule has 0 unspecified atom stereocenters. The predicted molar refractivity (Wildman–Crippen MR) is 46.4 cm³/mol. The lowest BCUT2D eigenvalue weighted by Gasteiger charge is -2.14. The number of nitrogens with zero attached hydrogens (tertiary/aromatic N) is 1. The van der Waals surface area contributed by atoms with E-state index in [0.717, 1.165) is 0 Å². The highest BCUT2D eigenvalue weighted by atomic mass is 16.7. The van der Waals surface area contributed by atoms with Gasteiger partial charge in [0.05, 0.1) is 7.11 Å². The Bertz CT molecular complexity index is 261. The van der Waals surface area contributed by atoms with Crippen molar-refractivity contribution in [3.8, 4) is 5.75 Å². The Morgan fingerprint density at radius 1 is 1.31 bits per heavy atom. The Kier molecular flexibility index (Phi) is 3.67. The molecule has 0 saturated heterocycles. The van der Waals surface area contributed by atoms with E-state index in [-0.39, 0.29) is 0 Å². The molecule has 0 spiro atoms. The van der Waals surface area contributed by atoms with Crippen LogP contribution in [0.5, 0.6) is 5.75 Å². The highest BCUT2D eigenvalue weighted by Gasteiger charge is 2.15. The molecule has 0 bridgehead atoms. The minimum Gasteiger partial charge on any atom is -0.495 e. The molecule has 0 saturated carbocycles. The van der Waals surface area contributed by atoms with Gasteiger partial charge in [-0.2, -0.15) is 0 Å². The molecule has 0 aliphatic rings. The third-order valence-corrected chi connectivity index (χ3v) is 1.62. The molecule has 0 aromatic carbocycles. The van der Waals surface area contributed by atoms with Crippen LogP contribution in [0.2, 0.25) is 0 Å². The van der Waals surface area contributed by atoms with E-state index < -0.39 is 6.29 Å². The maximum Gasteiger partial charge on any atom is 0.204 e. The summed E-state index contributed by atoms with van der Waals surface area (Å²) in [6.07, 6.45) is 1.05. The van der Waals surface area contributed by atoms with E-state index >= 15 is 0 Å².